The highest BCUT2D eigenvalue weighted by molar-refractivity contribution is 6.30. The Balaban J connectivity index is 1.79. The molecule has 1 aromatic carbocycles. The average molecular weight is 237 g/mol. The topological polar surface area (TPSA) is 15.3 Å². The van der Waals surface area contributed by atoms with Gasteiger partial charge in [-0.2, -0.15) is 0 Å². The monoisotopic (exact) mass is 236 g/mol. The summed E-state index contributed by atoms with van der Waals surface area (Å²) < 4.78 is 0. The quantitative estimate of drug-likeness (QED) is 0.806. The molecule has 0 amide bonds. The Bertz CT molecular complexity index is 387. The maximum Gasteiger partial charge on any atom is 0.0426 e. The summed E-state index contributed by atoms with van der Waals surface area (Å²) in [6.45, 7) is 4.72. The Morgan fingerprint density at radius 3 is 2.88 bits per heavy atom. The third kappa shape index (κ3) is 1.80. The van der Waals surface area contributed by atoms with Crippen molar-refractivity contribution in [2.24, 2.45) is 5.41 Å². The highest BCUT2D eigenvalue weighted by Gasteiger charge is 2.40. The van der Waals surface area contributed by atoms with E-state index < -0.39 is 0 Å². The van der Waals surface area contributed by atoms with Crippen LogP contribution in [0, 0.1) is 5.41 Å². The second kappa shape index (κ2) is 3.94. The van der Waals surface area contributed by atoms with Crippen LogP contribution in [0.2, 0.25) is 5.02 Å². The van der Waals surface area contributed by atoms with Gasteiger partial charge in [-0.05, 0) is 31.0 Å². The molecule has 1 aromatic rings. The molecule has 1 N–H and O–H groups in total. The van der Waals surface area contributed by atoms with E-state index in [0.29, 0.717) is 5.41 Å². The van der Waals surface area contributed by atoms with E-state index in [4.69, 9.17) is 11.6 Å². The molecule has 0 unspecified atom stereocenters. The van der Waals surface area contributed by atoms with Gasteiger partial charge in [-0.25, -0.2) is 0 Å². The minimum Gasteiger partial charge on any atom is -0.371 e. The van der Waals surface area contributed by atoms with Gasteiger partial charge >= 0.3 is 0 Å². The Labute approximate surface area is 102 Å². The van der Waals surface area contributed by atoms with E-state index >= 15 is 0 Å². The van der Waals surface area contributed by atoms with E-state index in [-0.39, 0.29) is 0 Å². The summed E-state index contributed by atoms with van der Waals surface area (Å²) in [5.41, 5.74) is 1.82. The van der Waals surface area contributed by atoms with Crippen molar-refractivity contribution >= 4 is 17.3 Å². The molecule has 0 atom stereocenters. The average Bonchev–Trinajstić information content (AvgIpc) is 2.27. The van der Waals surface area contributed by atoms with Crippen molar-refractivity contribution in [3.8, 4) is 0 Å². The SMILES string of the molecule is Clc1cccc(N2CCCC3(CNC3)C2)c1. The van der Waals surface area contributed by atoms with E-state index in [9.17, 15) is 0 Å². The molecular formula is C13H17ClN2. The molecule has 2 fully saturated rings. The standard InChI is InChI=1S/C13H17ClN2/c14-11-3-1-4-12(7-11)16-6-2-5-13(10-16)8-15-9-13/h1,3-4,7,15H,2,5-6,8-10H2. The van der Waals surface area contributed by atoms with Gasteiger partial charge in [-0.15, -0.1) is 0 Å². The Hall–Kier alpha value is -0.730. The minimum absolute atomic E-state index is 0.542. The van der Waals surface area contributed by atoms with Crippen molar-refractivity contribution in [3.05, 3.63) is 29.3 Å². The summed E-state index contributed by atoms with van der Waals surface area (Å²) >= 11 is 6.04. The number of hydrogen-bond donors (Lipinski definition) is 1. The Morgan fingerprint density at radius 2 is 2.19 bits per heavy atom. The van der Waals surface area contributed by atoms with Crippen LogP contribution < -0.4 is 10.2 Å². The lowest BCUT2D eigenvalue weighted by atomic mass is 9.75. The zero-order valence-corrected chi connectivity index (χ0v) is 10.1. The molecule has 0 radical (unpaired) electrons. The van der Waals surface area contributed by atoms with E-state index in [0.717, 1.165) is 5.02 Å². The molecule has 0 aromatic heterocycles. The van der Waals surface area contributed by atoms with Crippen molar-refractivity contribution in [2.45, 2.75) is 12.8 Å². The number of nitrogens with zero attached hydrogens (tertiary/aromatic N) is 1. The third-order valence-electron chi connectivity index (χ3n) is 3.83. The molecule has 86 valence electrons. The van der Waals surface area contributed by atoms with Crippen LogP contribution >= 0.6 is 11.6 Å². The molecule has 2 aliphatic rings. The lowest BCUT2D eigenvalue weighted by molar-refractivity contribution is 0.138. The van der Waals surface area contributed by atoms with Gasteiger partial charge < -0.3 is 10.2 Å². The molecule has 3 rings (SSSR count). The summed E-state index contributed by atoms with van der Waals surface area (Å²) in [4.78, 5) is 2.48. The van der Waals surface area contributed by atoms with Crippen LogP contribution in [0.15, 0.2) is 24.3 Å². The number of piperidine rings is 1. The molecule has 0 aliphatic carbocycles. The van der Waals surface area contributed by atoms with Crippen molar-refractivity contribution < 1.29 is 0 Å². The van der Waals surface area contributed by atoms with Crippen LogP contribution in [-0.2, 0) is 0 Å². The summed E-state index contributed by atoms with van der Waals surface area (Å²) in [5, 5.41) is 4.24. The van der Waals surface area contributed by atoms with Gasteiger partial charge in [0.1, 0.15) is 0 Å². The van der Waals surface area contributed by atoms with E-state index in [1.807, 2.05) is 12.1 Å². The van der Waals surface area contributed by atoms with Gasteiger partial charge in [-0.1, -0.05) is 17.7 Å². The van der Waals surface area contributed by atoms with Crippen molar-refractivity contribution in [1.29, 1.82) is 0 Å². The van der Waals surface area contributed by atoms with E-state index in [1.54, 1.807) is 0 Å². The lowest BCUT2D eigenvalue weighted by Gasteiger charge is -2.50. The second-order valence-corrected chi connectivity index (χ2v) is 5.54. The zero-order valence-electron chi connectivity index (χ0n) is 9.38. The maximum atomic E-state index is 6.04. The molecule has 2 aliphatic heterocycles. The Kier molecular flexibility index (Phi) is 2.56. The van der Waals surface area contributed by atoms with E-state index in [1.165, 1.54) is 44.7 Å². The first-order valence-corrected chi connectivity index (χ1v) is 6.37. The van der Waals surface area contributed by atoms with Gasteiger partial charge in [0.25, 0.3) is 0 Å². The van der Waals surface area contributed by atoms with Gasteiger partial charge in [-0.3, -0.25) is 0 Å². The van der Waals surface area contributed by atoms with Crippen LogP contribution in [0.3, 0.4) is 0 Å². The predicted octanol–water partition coefficient (Wildman–Crippen LogP) is 2.53. The molecule has 16 heavy (non-hydrogen) atoms. The first-order valence-electron chi connectivity index (χ1n) is 5.99. The summed E-state index contributed by atoms with van der Waals surface area (Å²) in [6, 6.07) is 8.22. The highest BCUT2D eigenvalue weighted by atomic mass is 35.5. The fourth-order valence-corrected chi connectivity index (χ4v) is 3.05. The fraction of sp³-hybridized carbons (Fsp3) is 0.538. The van der Waals surface area contributed by atoms with E-state index in [2.05, 4.69) is 22.3 Å². The van der Waals surface area contributed by atoms with Crippen molar-refractivity contribution in [2.75, 3.05) is 31.1 Å². The van der Waals surface area contributed by atoms with Gasteiger partial charge in [0, 0.05) is 42.3 Å². The summed E-state index contributed by atoms with van der Waals surface area (Å²) in [7, 11) is 0. The van der Waals surface area contributed by atoms with Crippen LogP contribution in [-0.4, -0.2) is 26.2 Å². The van der Waals surface area contributed by atoms with Crippen molar-refractivity contribution in [3.63, 3.8) is 0 Å². The predicted molar refractivity (Wildman–Crippen MR) is 68.2 cm³/mol. The molecular weight excluding hydrogens is 220 g/mol. The first kappa shape index (κ1) is 10.4. The summed E-state index contributed by atoms with van der Waals surface area (Å²) in [6.07, 6.45) is 2.67. The molecule has 0 saturated carbocycles. The number of halogens is 1. The first-order chi connectivity index (χ1) is 7.77. The normalized spacial score (nSPS) is 23.2. The third-order valence-corrected chi connectivity index (χ3v) is 4.07. The zero-order chi connectivity index (χ0) is 11.0. The highest BCUT2D eigenvalue weighted by Crippen LogP contribution is 2.35. The second-order valence-electron chi connectivity index (χ2n) is 5.11. The molecule has 2 saturated heterocycles. The van der Waals surface area contributed by atoms with Gasteiger partial charge in [0.15, 0.2) is 0 Å². The Morgan fingerprint density at radius 1 is 1.31 bits per heavy atom. The van der Waals surface area contributed by atoms with Crippen LogP contribution in [0.5, 0.6) is 0 Å². The van der Waals surface area contributed by atoms with Crippen LogP contribution in [0.4, 0.5) is 5.69 Å². The van der Waals surface area contributed by atoms with Crippen LogP contribution in [0.25, 0.3) is 0 Å². The molecule has 3 heteroatoms. The maximum absolute atomic E-state index is 6.04. The van der Waals surface area contributed by atoms with Crippen LogP contribution in [0.1, 0.15) is 12.8 Å². The molecule has 1 spiro atoms. The number of benzene rings is 1. The van der Waals surface area contributed by atoms with Crippen molar-refractivity contribution in [1.82, 2.24) is 5.32 Å². The minimum atomic E-state index is 0.542. The molecule has 2 nitrogen and oxygen atoms in total. The number of nitrogens with one attached hydrogen (secondary N) is 1. The molecule has 0 bridgehead atoms. The number of hydrogen-bond acceptors (Lipinski definition) is 2. The number of rotatable bonds is 1. The number of anilines is 1. The van der Waals surface area contributed by atoms with Gasteiger partial charge in [0.05, 0.1) is 0 Å². The largest absolute Gasteiger partial charge is 0.371 e. The summed E-state index contributed by atoms with van der Waals surface area (Å²) in [5.74, 6) is 0. The molecule has 2 heterocycles. The smallest absolute Gasteiger partial charge is 0.0426 e. The fourth-order valence-electron chi connectivity index (χ4n) is 2.87. The lowest BCUT2D eigenvalue weighted by Crippen LogP contribution is -2.61. The van der Waals surface area contributed by atoms with Gasteiger partial charge in [0.2, 0.25) is 0 Å².